The predicted molar refractivity (Wildman–Crippen MR) is 74.6 cm³/mol. The first-order valence-electron chi connectivity index (χ1n) is 6.99. The van der Waals surface area contributed by atoms with Gasteiger partial charge in [0, 0.05) is 6.07 Å². The number of amides is 2. The van der Waals surface area contributed by atoms with Gasteiger partial charge in [0.1, 0.15) is 12.7 Å². The van der Waals surface area contributed by atoms with Crippen LogP contribution >= 0.6 is 0 Å². The van der Waals surface area contributed by atoms with E-state index >= 15 is 0 Å². The highest BCUT2D eigenvalue weighted by atomic mass is 16.2. The van der Waals surface area contributed by atoms with E-state index < -0.39 is 0 Å². The third-order valence-electron chi connectivity index (χ3n) is 4.31. The Morgan fingerprint density at radius 1 is 1.30 bits per heavy atom. The Morgan fingerprint density at radius 3 is 2.75 bits per heavy atom. The van der Waals surface area contributed by atoms with Crippen LogP contribution in [0.15, 0.2) is 36.2 Å². The Bertz CT molecular complexity index is 621. The molecule has 20 heavy (non-hydrogen) atoms. The van der Waals surface area contributed by atoms with E-state index in [1.54, 1.807) is 0 Å². The van der Waals surface area contributed by atoms with Crippen molar-refractivity contribution in [3.05, 3.63) is 36.2 Å². The third kappa shape index (κ3) is 1.87. The molecular weight excluding hydrogens is 252 g/mol. The molecule has 0 radical (unpaired) electrons. The number of hydrogen-bond donors (Lipinski definition) is 0. The number of hydrogen-bond acceptors (Lipinski definition) is 2. The molecule has 1 fully saturated rings. The molecule has 0 aromatic carbocycles. The second-order valence-corrected chi connectivity index (χ2v) is 5.95. The van der Waals surface area contributed by atoms with E-state index in [9.17, 15) is 9.59 Å². The lowest BCUT2D eigenvalue weighted by molar-refractivity contribution is -0.670. The van der Waals surface area contributed by atoms with E-state index in [1.165, 1.54) is 10.5 Å². The zero-order valence-electron chi connectivity index (χ0n) is 12.0. The quantitative estimate of drug-likeness (QED) is 0.442. The van der Waals surface area contributed by atoms with Gasteiger partial charge in [-0.2, -0.15) is 0 Å². The van der Waals surface area contributed by atoms with Gasteiger partial charge in [0.2, 0.25) is 11.8 Å². The van der Waals surface area contributed by atoms with Crippen molar-refractivity contribution < 1.29 is 14.2 Å². The molecular formula is C16H19N2O2+. The summed E-state index contributed by atoms with van der Waals surface area (Å²) in [5.74, 6) is -0.356. The standard InChI is InChI=1S/C16H19N2O2/c1-10-7-11(2)14-13(8-10)15(19)18(16(14)20)12-5-4-6-17(3)9-12/h4-7,9,11,13-14H,8H2,1-3H3/q+1/t11?,13-,14+/m0/s1. The van der Waals surface area contributed by atoms with Crippen molar-refractivity contribution in [2.24, 2.45) is 24.8 Å². The van der Waals surface area contributed by atoms with Crippen LogP contribution < -0.4 is 9.47 Å². The number of rotatable bonds is 1. The SMILES string of the molecule is CC1=CC(C)[C@H]2C(=O)N(c3ccc[n+](C)c3)C(=O)[C@H]2C1. The molecule has 0 spiro atoms. The Morgan fingerprint density at radius 2 is 2.05 bits per heavy atom. The number of imide groups is 1. The first kappa shape index (κ1) is 13.0. The predicted octanol–water partition coefficient (Wildman–Crippen LogP) is 1.60. The fraction of sp³-hybridized carbons (Fsp3) is 0.438. The molecule has 104 valence electrons. The maximum Gasteiger partial charge on any atom is 0.238 e. The maximum absolute atomic E-state index is 12.6. The van der Waals surface area contributed by atoms with Crippen LogP contribution in [0.25, 0.3) is 0 Å². The second kappa shape index (κ2) is 4.54. The van der Waals surface area contributed by atoms with E-state index in [2.05, 4.69) is 6.08 Å². The van der Waals surface area contributed by atoms with E-state index in [4.69, 9.17) is 0 Å². The first-order valence-corrected chi connectivity index (χ1v) is 6.99. The van der Waals surface area contributed by atoms with Gasteiger partial charge in [-0.25, -0.2) is 9.47 Å². The normalized spacial score (nSPS) is 29.4. The van der Waals surface area contributed by atoms with Crippen LogP contribution in [-0.4, -0.2) is 11.8 Å². The van der Waals surface area contributed by atoms with Gasteiger partial charge in [-0.05, 0) is 25.3 Å². The van der Waals surface area contributed by atoms with Gasteiger partial charge in [-0.3, -0.25) is 9.59 Å². The van der Waals surface area contributed by atoms with Gasteiger partial charge < -0.3 is 0 Å². The lowest BCUT2D eigenvalue weighted by Gasteiger charge is -2.25. The zero-order valence-corrected chi connectivity index (χ0v) is 12.0. The van der Waals surface area contributed by atoms with Crippen LogP contribution in [0.3, 0.4) is 0 Å². The van der Waals surface area contributed by atoms with Crippen LogP contribution in [-0.2, 0) is 16.6 Å². The van der Waals surface area contributed by atoms with Crippen LogP contribution in [0.2, 0.25) is 0 Å². The van der Waals surface area contributed by atoms with Crippen molar-refractivity contribution in [3.8, 4) is 0 Å². The monoisotopic (exact) mass is 271 g/mol. The fourth-order valence-corrected chi connectivity index (χ4v) is 3.48. The molecule has 2 aliphatic rings. The smallest absolute Gasteiger partial charge is 0.238 e. The van der Waals surface area contributed by atoms with Gasteiger partial charge in [0.05, 0.1) is 11.8 Å². The van der Waals surface area contributed by atoms with Crippen molar-refractivity contribution >= 4 is 17.5 Å². The number of aryl methyl sites for hydroxylation is 1. The zero-order chi connectivity index (χ0) is 14.4. The molecule has 3 rings (SSSR count). The number of fused-ring (bicyclic) bond motifs is 1. The summed E-state index contributed by atoms with van der Waals surface area (Å²) in [4.78, 5) is 26.6. The van der Waals surface area contributed by atoms with Gasteiger partial charge in [-0.15, -0.1) is 0 Å². The van der Waals surface area contributed by atoms with Gasteiger partial charge in [-0.1, -0.05) is 18.6 Å². The van der Waals surface area contributed by atoms with Crippen molar-refractivity contribution in [1.29, 1.82) is 0 Å². The number of pyridine rings is 1. The number of carbonyl (C=O) groups excluding carboxylic acids is 2. The highest BCUT2D eigenvalue weighted by Crippen LogP contribution is 2.42. The van der Waals surface area contributed by atoms with Crippen molar-refractivity contribution in [2.75, 3.05) is 4.90 Å². The molecule has 1 aromatic heterocycles. The minimum Gasteiger partial charge on any atom is -0.274 e. The molecule has 1 saturated heterocycles. The maximum atomic E-state index is 12.6. The number of nitrogens with zero attached hydrogens (tertiary/aromatic N) is 2. The first-order chi connectivity index (χ1) is 9.49. The largest absolute Gasteiger partial charge is 0.274 e. The summed E-state index contributed by atoms with van der Waals surface area (Å²) in [6, 6.07) is 3.67. The van der Waals surface area contributed by atoms with E-state index in [0.717, 1.165) is 0 Å². The molecule has 3 atom stereocenters. The molecule has 2 heterocycles. The number of aromatic nitrogens is 1. The van der Waals surface area contributed by atoms with E-state index in [1.807, 2.05) is 50.0 Å². The molecule has 2 amide bonds. The van der Waals surface area contributed by atoms with Crippen LogP contribution in [0.4, 0.5) is 5.69 Å². The van der Waals surface area contributed by atoms with Crippen molar-refractivity contribution in [2.45, 2.75) is 20.3 Å². The molecule has 1 aliphatic carbocycles. The van der Waals surface area contributed by atoms with Crippen molar-refractivity contribution in [1.82, 2.24) is 0 Å². The molecule has 1 aromatic rings. The Kier molecular flexibility index (Phi) is 2.96. The summed E-state index contributed by atoms with van der Waals surface area (Å²) >= 11 is 0. The highest BCUT2D eigenvalue weighted by Gasteiger charge is 2.51. The van der Waals surface area contributed by atoms with Crippen LogP contribution in [0, 0.1) is 17.8 Å². The fourth-order valence-electron chi connectivity index (χ4n) is 3.48. The van der Waals surface area contributed by atoms with E-state index in [0.29, 0.717) is 12.1 Å². The summed E-state index contributed by atoms with van der Waals surface area (Å²) in [5, 5.41) is 0. The number of allylic oxidation sites excluding steroid dienone is 2. The Hall–Kier alpha value is -1.97. The summed E-state index contributed by atoms with van der Waals surface area (Å²) in [5.41, 5.74) is 1.88. The minimum atomic E-state index is -0.197. The highest BCUT2D eigenvalue weighted by molar-refractivity contribution is 6.22. The molecule has 1 unspecified atom stereocenters. The number of anilines is 1. The summed E-state index contributed by atoms with van der Waals surface area (Å²) in [7, 11) is 1.88. The van der Waals surface area contributed by atoms with Crippen molar-refractivity contribution in [3.63, 3.8) is 0 Å². The minimum absolute atomic E-state index is 0.0505. The molecule has 1 aliphatic heterocycles. The van der Waals surface area contributed by atoms with Gasteiger partial charge in [0.15, 0.2) is 12.4 Å². The summed E-state index contributed by atoms with van der Waals surface area (Å²) in [6.07, 6.45) is 6.53. The van der Waals surface area contributed by atoms with Gasteiger partial charge in [0.25, 0.3) is 0 Å². The molecule has 0 N–H and O–H groups in total. The van der Waals surface area contributed by atoms with E-state index in [-0.39, 0.29) is 29.6 Å². The lowest BCUT2D eigenvalue weighted by atomic mass is 9.76. The second-order valence-electron chi connectivity index (χ2n) is 5.95. The molecule has 0 bridgehead atoms. The number of carbonyl (C=O) groups is 2. The Labute approximate surface area is 118 Å². The third-order valence-corrected chi connectivity index (χ3v) is 4.31. The molecule has 4 heteroatoms. The average molecular weight is 271 g/mol. The summed E-state index contributed by atoms with van der Waals surface area (Å²) < 4.78 is 1.85. The average Bonchev–Trinajstić information content (AvgIpc) is 2.61. The van der Waals surface area contributed by atoms with Crippen LogP contribution in [0.5, 0.6) is 0 Å². The topological polar surface area (TPSA) is 41.3 Å². The Balaban J connectivity index is 2.01. The lowest BCUT2D eigenvalue weighted by Crippen LogP contribution is -2.35. The molecule has 4 nitrogen and oxygen atoms in total. The molecule has 0 saturated carbocycles. The van der Waals surface area contributed by atoms with Gasteiger partial charge >= 0.3 is 0 Å². The van der Waals surface area contributed by atoms with Crippen LogP contribution in [0.1, 0.15) is 20.3 Å². The summed E-state index contributed by atoms with van der Waals surface area (Å²) in [6.45, 7) is 4.07.